The highest BCUT2D eigenvalue weighted by molar-refractivity contribution is 5.94. The first kappa shape index (κ1) is 14.4. The van der Waals surface area contributed by atoms with Crippen molar-refractivity contribution >= 4 is 11.6 Å². The molecule has 1 saturated heterocycles. The molecule has 4 rings (SSSR count). The van der Waals surface area contributed by atoms with E-state index in [1.54, 1.807) is 18.3 Å². The number of amides is 1. The lowest BCUT2D eigenvalue weighted by Gasteiger charge is -2.29. The second-order valence-corrected chi connectivity index (χ2v) is 6.66. The number of rotatable bonds is 2. The van der Waals surface area contributed by atoms with E-state index < -0.39 is 0 Å². The van der Waals surface area contributed by atoms with Crippen LogP contribution in [0.15, 0.2) is 35.4 Å². The standard InChI is InChI=1S/C18H21N3O2/c22-17(20-11-5-8-15(20)13-6-1-2-7-13)14-12-19-16-9-3-4-10-21(16)18(14)23/h3-4,9-10,12-13,15H,1-2,5-8,11H2/t15-/m0/s1. The van der Waals surface area contributed by atoms with Crippen LogP contribution in [0.25, 0.3) is 5.65 Å². The Morgan fingerprint density at radius 1 is 1.13 bits per heavy atom. The highest BCUT2D eigenvalue weighted by Gasteiger charge is 2.37. The molecule has 1 aliphatic heterocycles. The zero-order valence-corrected chi connectivity index (χ0v) is 13.1. The van der Waals surface area contributed by atoms with Crippen LogP contribution in [0.5, 0.6) is 0 Å². The topological polar surface area (TPSA) is 54.7 Å². The molecule has 120 valence electrons. The van der Waals surface area contributed by atoms with Crippen LogP contribution in [0.4, 0.5) is 0 Å². The first-order valence-corrected chi connectivity index (χ1v) is 8.53. The molecule has 5 heteroatoms. The summed E-state index contributed by atoms with van der Waals surface area (Å²) in [5.74, 6) is 0.466. The Kier molecular flexibility index (Phi) is 3.63. The molecule has 0 unspecified atom stereocenters. The van der Waals surface area contributed by atoms with Gasteiger partial charge in [-0.15, -0.1) is 0 Å². The van der Waals surface area contributed by atoms with E-state index in [0.717, 1.165) is 19.4 Å². The first-order chi connectivity index (χ1) is 11.3. The lowest BCUT2D eigenvalue weighted by Crippen LogP contribution is -2.42. The van der Waals surface area contributed by atoms with Crippen LogP contribution in [0.1, 0.15) is 48.9 Å². The van der Waals surface area contributed by atoms with Crippen LogP contribution in [0.2, 0.25) is 0 Å². The summed E-state index contributed by atoms with van der Waals surface area (Å²) in [6.45, 7) is 0.761. The Morgan fingerprint density at radius 3 is 2.78 bits per heavy atom. The number of pyridine rings is 1. The van der Waals surface area contributed by atoms with Crippen molar-refractivity contribution in [2.45, 2.75) is 44.6 Å². The van der Waals surface area contributed by atoms with Gasteiger partial charge in [0.2, 0.25) is 0 Å². The van der Waals surface area contributed by atoms with Gasteiger partial charge in [0, 0.05) is 25.0 Å². The van der Waals surface area contributed by atoms with Crippen molar-refractivity contribution in [3.8, 4) is 0 Å². The van der Waals surface area contributed by atoms with Gasteiger partial charge in [-0.05, 0) is 43.7 Å². The molecule has 0 aromatic carbocycles. The first-order valence-electron chi connectivity index (χ1n) is 8.53. The molecule has 2 aromatic rings. The molecule has 5 nitrogen and oxygen atoms in total. The summed E-state index contributed by atoms with van der Waals surface area (Å²) in [4.78, 5) is 31.8. The van der Waals surface area contributed by atoms with Crippen molar-refractivity contribution in [2.24, 2.45) is 5.92 Å². The van der Waals surface area contributed by atoms with Gasteiger partial charge in [-0.2, -0.15) is 0 Å². The van der Waals surface area contributed by atoms with Gasteiger partial charge >= 0.3 is 0 Å². The Labute approximate surface area is 135 Å². The summed E-state index contributed by atoms with van der Waals surface area (Å²) >= 11 is 0. The molecule has 0 N–H and O–H groups in total. The molecule has 2 fully saturated rings. The third kappa shape index (κ3) is 2.44. The van der Waals surface area contributed by atoms with Crippen molar-refractivity contribution in [1.82, 2.24) is 14.3 Å². The van der Waals surface area contributed by atoms with Gasteiger partial charge in [0.25, 0.3) is 11.5 Å². The second kappa shape index (κ2) is 5.80. The fourth-order valence-corrected chi connectivity index (χ4v) is 4.21. The van der Waals surface area contributed by atoms with Gasteiger partial charge in [-0.25, -0.2) is 4.98 Å². The SMILES string of the molecule is O=C(c1cnc2ccccn2c1=O)N1CCC[C@H]1C1CCCC1. The Morgan fingerprint density at radius 2 is 1.96 bits per heavy atom. The number of carbonyl (C=O) groups is 1. The van der Waals surface area contributed by atoms with E-state index in [0.29, 0.717) is 17.6 Å². The molecule has 0 spiro atoms. The van der Waals surface area contributed by atoms with Crippen molar-refractivity contribution in [3.63, 3.8) is 0 Å². The van der Waals surface area contributed by atoms with Crippen molar-refractivity contribution in [2.75, 3.05) is 6.54 Å². The van der Waals surface area contributed by atoms with Crippen molar-refractivity contribution < 1.29 is 4.79 Å². The Bertz CT molecular complexity index is 792. The number of aromatic nitrogens is 2. The summed E-state index contributed by atoms with van der Waals surface area (Å²) in [5, 5.41) is 0. The lowest BCUT2D eigenvalue weighted by atomic mass is 9.96. The number of nitrogens with zero attached hydrogens (tertiary/aromatic N) is 3. The van der Waals surface area contributed by atoms with Gasteiger partial charge in [0.05, 0.1) is 0 Å². The van der Waals surface area contributed by atoms with Crippen LogP contribution in [0.3, 0.4) is 0 Å². The predicted octanol–water partition coefficient (Wildman–Crippen LogP) is 2.49. The van der Waals surface area contributed by atoms with Crippen LogP contribution >= 0.6 is 0 Å². The summed E-state index contributed by atoms with van der Waals surface area (Å²) in [6, 6.07) is 5.69. The van der Waals surface area contributed by atoms with E-state index in [4.69, 9.17) is 0 Å². The van der Waals surface area contributed by atoms with Gasteiger partial charge in [0.1, 0.15) is 11.2 Å². The molecule has 2 aliphatic rings. The highest BCUT2D eigenvalue weighted by atomic mass is 16.2. The fourth-order valence-electron chi connectivity index (χ4n) is 4.21. The van der Waals surface area contributed by atoms with E-state index >= 15 is 0 Å². The maximum absolute atomic E-state index is 13.0. The number of likely N-dealkylation sites (tertiary alicyclic amines) is 1. The second-order valence-electron chi connectivity index (χ2n) is 6.66. The van der Waals surface area contributed by atoms with E-state index in [1.165, 1.54) is 36.3 Å². The molecule has 23 heavy (non-hydrogen) atoms. The zero-order chi connectivity index (χ0) is 15.8. The minimum absolute atomic E-state index is 0.143. The third-order valence-electron chi connectivity index (χ3n) is 5.35. The fraction of sp³-hybridized carbons (Fsp3) is 0.500. The quantitative estimate of drug-likeness (QED) is 0.856. The average molecular weight is 311 g/mol. The Balaban J connectivity index is 1.68. The summed E-state index contributed by atoms with van der Waals surface area (Å²) in [7, 11) is 0. The molecular weight excluding hydrogens is 290 g/mol. The number of hydrogen-bond donors (Lipinski definition) is 0. The van der Waals surface area contributed by atoms with E-state index in [-0.39, 0.29) is 17.0 Å². The predicted molar refractivity (Wildman–Crippen MR) is 87.5 cm³/mol. The van der Waals surface area contributed by atoms with Gasteiger partial charge < -0.3 is 4.90 Å². The smallest absolute Gasteiger partial charge is 0.270 e. The number of hydrogen-bond acceptors (Lipinski definition) is 3. The van der Waals surface area contributed by atoms with Crippen LogP contribution < -0.4 is 5.56 Å². The van der Waals surface area contributed by atoms with E-state index in [2.05, 4.69) is 4.98 Å². The largest absolute Gasteiger partial charge is 0.335 e. The van der Waals surface area contributed by atoms with Crippen molar-refractivity contribution in [1.29, 1.82) is 0 Å². The summed E-state index contributed by atoms with van der Waals surface area (Å²) < 4.78 is 1.45. The summed E-state index contributed by atoms with van der Waals surface area (Å²) in [5.41, 5.74) is 0.499. The maximum atomic E-state index is 13.0. The summed E-state index contributed by atoms with van der Waals surface area (Å²) in [6.07, 6.45) is 10.2. The molecule has 0 radical (unpaired) electrons. The van der Waals surface area contributed by atoms with Crippen LogP contribution in [-0.2, 0) is 0 Å². The van der Waals surface area contributed by atoms with Crippen LogP contribution in [-0.4, -0.2) is 32.8 Å². The van der Waals surface area contributed by atoms with Gasteiger partial charge in [-0.1, -0.05) is 18.9 Å². The minimum atomic E-state index is -0.266. The number of carbonyl (C=O) groups excluding carboxylic acids is 1. The average Bonchev–Trinajstić information content (AvgIpc) is 3.26. The maximum Gasteiger partial charge on any atom is 0.270 e. The van der Waals surface area contributed by atoms with Crippen molar-refractivity contribution in [3.05, 3.63) is 46.5 Å². The molecule has 1 atom stereocenters. The molecule has 2 aromatic heterocycles. The van der Waals surface area contributed by atoms with Crippen LogP contribution in [0, 0.1) is 5.92 Å². The molecule has 1 amide bonds. The third-order valence-corrected chi connectivity index (χ3v) is 5.35. The van der Waals surface area contributed by atoms with Gasteiger partial charge in [0.15, 0.2) is 0 Å². The monoisotopic (exact) mass is 311 g/mol. The minimum Gasteiger partial charge on any atom is -0.335 e. The van der Waals surface area contributed by atoms with E-state index in [1.807, 2.05) is 11.0 Å². The molecule has 3 heterocycles. The molecule has 1 aliphatic carbocycles. The lowest BCUT2D eigenvalue weighted by molar-refractivity contribution is 0.0686. The molecule has 1 saturated carbocycles. The zero-order valence-electron chi connectivity index (χ0n) is 13.1. The normalized spacial score (nSPS) is 22.1. The molecule has 0 bridgehead atoms. The van der Waals surface area contributed by atoms with Gasteiger partial charge in [-0.3, -0.25) is 14.0 Å². The van der Waals surface area contributed by atoms with E-state index in [9.17, 15) is 9.59 Å². The Hall–Kier alpha value is -2.17. The number of fused-ring (bicyclic) bond motifs is 1. The molecular formula is C18H21N3O2. The highest BCUT2D eigenvalue weighted by Crippen LogP contribution is 2.35.